The Bertz CT molecular complexity index is 196. The van der Waals surface area contributed by atoms with E-state index in [-0.39, 0.29) is 19.1 Å². The van der Waals surface area contributed by atoms with E-state index in [1.807, 2.05) is 0 Å². The molecule has 1 unspecified atom stereocenters. The lowest BCUT2D eigenvalue weighted by molar-refractivity contribution is -0.138. The summed E-state index contributed by atoms with van der Waals surface area (Å²) in [5.41, 5.74) is 0. The number of carbonyl (C=O) groups is 1. The maximum atomic E-state index is 10.7. The number of carboxylic acid groups (broad SMARTS) is 1. The third-order valence-electron chi connectivity index (χ3n) is 3.01. The molecule has 0 aromatic rings. The van der Waals surface area contributed by atoms with Crippen LogP contribution in [0.2, 0.25) is 0 Å². The van der Waals surface area contributed by atoms with Crippen molar-refractivity contribution in [2.75, 3.05) is 19.7 Å². The Morgan fingerprint density at radius 1 is 1.33 bits per heavy atom. The number of aliphatic hydroxyl groups is 1. The van der Waals surface area contributed by atoms with Gasteiger partial charge in [0.2, 0.25) is 0 Å². The molecule has 4 nitrogen and oxygen atoms in total. The van der Waals surface area contributed by atoms with E-state index in [1.165, 1.54) is 6.42 Å². The van der Waals surface area contributed by atoms with Crippen molar-refractivity contribution >= 4 is 5.97 Å². The number of unbranched alkanes of at least 4 members (excludes halogenated alkanes) is 1. The van der Waals surface area contributed by atoms with Crippen LogP contribution in [-0.4, -0.2) is 46.8 Å². The van der Waals surface area contributed by atoms with Gasteiger partial charge in [-0.2, -0.15) is 0 Å². The molecule has 1 aliphatic rings. The number of hydrogen-bond acceptors (Lipinski definition) is 3. The summed E-state index contributed by atoms with van der Waals surface area (Å²) in [4.78, 5) is 12.9. The quantitative estimate of drug-likeness (QED) is 0.651. The molecule has 1 fully saturated rings. The van der Waals surface area contributed by atoms with Crippen molar-refractivity contribution in [3.05, 3.63) is 0 Å². The molecule has 0 aliphatic carbocycles. The lowest BCUT2D eigenvalue weighted by Crippen LogP contribution is -2.41. The van der Waals surface area contributed by atoms with E-state index in [9.17, 15) is 4.79 Å². The highest BCUT2D eigenvalue weighted by molar-refractivity contribution is 5.67. The molecule has 0 amide bonds. The Kier molecular flexibility index (Phi) is 5.65. The van der Waals surface area contributed by atoms with Gasteiger partial charge in [-0.3, -0.25) is 9.69 Å². The van der Waals surface area contributed by atoms with Crippen molar-refractivity contribution in [2.45, 2.75) is 44.6 Å². The highest BCUT2D eigenvalue weighted by Crippen LogP contribution is 2.19. The lowest BCUT2D eigenvalue weighted by Gasteiger charge is -2.34. The van der Waals surface area contributed by atoms with Crippen molar-refractivity contribution in [3.63, 3.8) is 0 Å². The van der Waals surface area contributed by atoms with Crippen LogP contribution in [0.3, 0.4) is 0 Å². The van der Waals surface area contributed by atoms with Gasteiger partial charge in [-0.25, -0.2) is 0 Å². The molecule has 1 aliphatic heterocycles. The van der Waals surface area contributed by atoms with Crippen molar-refractivity contribution in [1.82, 2.24) is 4.90 Å². The third-order valence-corrected chi connectivity index (χ3v) is 3.01. The number of hydrogen-bond donors (Lipinski definition) is 2. The van der Waals surface area contributed by atoms with Gasteiger partial charge in [-0.1, -0.05) is 6.42 Å². The molecular weight excluding hydrogens is 194 g/mol. The molecule has 1 atom stereocenters. The maximum absolute atomic E-state index is 10.7. The Morgan fingerprint density at radius 3 is 2.80 bits per heavy atom. The minimum absolute atomic E-state index is 0.218. The van der Waals surface area contributed by atoms with Gasteiger partial charge in [-0.05, 0) is 38.8 Å². The maximum Gasteiger partial charge on any atom is 0.304 e. The van der Waals surface area contributed by atoms with Crippen molar-refractivity contribution in [3.8, 4) is 0 Å². The number of nitrogens with zero attached hydrogens (tertiary/aromatic N) is 1. The van der Waals surface area contributed by atoms with Crippen LogP contribution in [0.4, 0.5) is 0 Å². The average molecular weight is 215 g/mol. The van der Waals surface area contributed by atoms with Crippen molar-refractivity contribution in [1.29, 1.82) is 0 Å². The molecule has 0 aromatic carbocycles. The summed E-state index contributed by atoms with van der Waals surface area (Å²) < 4.78 is 0. The summed E-state index contributed by atoms with van der Waals surface area (Å²) in [7, 11) is 0. The number of piperidine rings is 1. The number of rotatable bonds is 6. The molecule has 0 spiro atoms. The number of aliphatic hydroxyl groups excluding tert-OH is 1. The van der Waals surface area contributed by atoms with Gasteiger partial charge in [0.15, 0.2) is 0 Å². The lowest BCUT2D eigenvalue weighted by atomic mass is 9.99. The van der Waals surface area contributed by atoms with E-state index in [0.29, 0.717) is 0 Å². The predicted molar refractivity (Wildman–Crippen MR) is 57.8 cm³/mol. The second kappa shape index (κ2) is 6.80. The van der Waals surface area contributed by atoms with Gasteiger partial charge < -0.3 is 10.2 Å². The third kappa shape index (κ3) is 4.62. The molecule has 1 saturated heterocycles. The Labute approximate surface area is 90.9 Å². The monoisotopic (exact) mass is 215 g/mol. The van der Waals surface area contributed by atoms with Crippen molar-refractivity contribution in [2.24, 2.45) is 0 Å². The van der Waals surface area contributed by atoms with Gasteiger partial charge in [0, 0.05) is 12.6 Å². The number of likely N-dealkylation sites (tertiary alicyclic amines) is 1. The van der Waals surface area contributed by atoms with E-state index in [2.05, 4.69) is 4.90 Å². The summed E-state index contributed by atoms with van der Waals surface area (Å²) in [6.45, 7) is 2.18. The molecule has 1 rings (SSSR count). The fraction of sp³-hybridized carbons (Fsp3) is 0.909. The summed E-state index contributed by atoms with van der Waals surface area (Å²) in [5, 5.41) is 17.5. The van der Waals surface area contributed by atoms with Crippen LogP contribution < -0.4 is 0 Å². The minimum Gasteiger partial charge on any atom is -0.481 e. The Hall–Kier alpha value is -0.610. The number of carboxylic acids is 1. The van der Waals surface area contributed by atoms with Crippen LogP contribution in [-0.2, 0) is 4.79 Å². The van der Waals surface area contributed by atoms with Gasteiger partial charge in [0.1, 0.15) is 0 Å². The Morgan fingerprint density at radius 2 is 2.13 bits per heavy atom. The summed E-state index contributed by atoms with van der Waals surface area (Å²) >= 11 is 0. The molecule has 2 N–H and O–H groups in total. The predicted octanol–water partition coefficient (Wildman–Crippen LogP) is 1.09. The molecular formula is C11H21NO3. The van der Waals surface area contributed by atoms with Crippen LogP contribution in [0.5, 0.6) is 0 Å². The molecule has 0 radical (unpaired) electrons. The second-order valence-corrected chi connectivity index (χ2v) is 4.21. The summed E-state index contributed by atoms with van der Waals surface area (Å²) in [6, 6.07) is 0.218. The van der Waals surface area contributed by atoms with Gasteiger partial charge in [0.05, 0.1) is 6.42 Å². The average Bonchev–Trinajstić information content (AvgIpc) is 2.20. The number of aliphatic carboxylic acids is 1. The standard InChI is InChI=1S/C11H21NO3/c13-8-4-3-7-12-6-2-1-5-10(12)9-11(14)15/h10,13H,1-9H2,(H,14,15). The van der Waals surface area contributed by atoms with Crippen molar-refractivity contribution < 1.29 is 15.0 Å². The first-order valence-electron chi connectivity index (χ1n) is 5.80. The van der Waals surface area contributed by atoms with Gasteiger partial charge in [-0.15, -0.1) is 0 Å². The van der Waals surface area contributed by atoms with E-state index in [0.717, 1.165) is 38.8 Å². The largest absolute Gasteiger partial charge is 0.481 e. The fourth-order valence-corrected chi connectivity index (χ4v) is 2.21. The molecule has 0 saturated carbocycles. The van der Waals surface area contributed by atoms with Crippen LogP contribution in [0, 0.1) is 0 Å². The second-order valence-electron chi connectivity index (χ2n) is 4.21. The molecule has 4 heteroatoms. The minimum atomic E-state index is -0.700. The van der Waals surface area contributed by atoms with Gasteiger partial charge >= 0.3 is 5.97 Å². The van der Waals surface area contributed by atoms with Crippen LogP contribution in [0.25, 0.3) is 0 Å². The van der Waals surface area contributed by atoms with E-state index >= 15 is 0 Å². The van der Waals surface area contributed by atoms with Crippen LogP contribution >= 0.6 is 0 Å². The van der Waals surface area contributed by atoms with Crippen LogP contribution in [0.15, 0.2) is 0 Å². The molecule has 1 heterocycles. The first-order chi connectivity index (χ1) is 7.24. The zero-order chi connectivity index (χ0) is 11.1. The van der Waals surface area contributed by atoms with E-state index < -0.39 is 5.97 Å². The van der Waals surface area contributed by atoms with Gasteiger partial charge in [0.25, 0.3) is 0 Å². The normalized spacial score (nSPS) is 22.9. The summed E-state index contributed by atoms with van der Waals surface area (Å²) in [6.07, 6.45) is 5.37. The van der Waals surface area contributed by atoms with Crippen LogP contribution in [0.1, 0.15) is 38.5 Å². The SMILES string of the molecule is O=C(O)CC1CCCCN1CCCCO. The fourth-order valence-electron chi connectivity index (χ4n) is 2.21. The van der Waals surface area contributed by atoms with E-state index in [4.69, 9.17) is 10.2 Å². The highest BCUT2D eigenvalue weighted by Gasteiger charge is 2.23. The highest BCUT2D eigenvalue weighted by atomic mass is 16.4. The molecule has 88 valence electrons. The first-order valence-corrected chi connectivity index (χ1v) is 5.80. The molecule has 15 heavy (non-hydrogen) atoms. The smallest absolute Gasteiger partial charge is 0.304 e. The Balaban J connectivity index is 2.32. The molecule has 0 bridgehead atoms. The van der Waals surface area contributed by atoms with E-state index in [1.54, 1.807) is 0 Å². The zero-order valence-electron chi connectivity index (χ0n) is 9.19. The zero-order valence-corrected chi connectivity index (χ0v) is 9.19. The summed E-state index contributed by atoms with van der Waals surface area (Å²) in [5.74, 6) is -0.700. The molecule has 0 aromatic heterocycles. The first kappa shape index (κ1) is 12.5. The topological polar surface area (TPSA) is 60.8 Å².